The monoisotopic (exact) mass is 384 g/mol. The number of pyridine rings is 1. The van der Waals surface area contributed by atoms with Crippen LogP contribution in [0.15, 0.2) is 36.5 Å². The fraction of sp³-hybridized carbons (Fsp3) is 0.227. The second-order valence-corrected chi connectivity index (χ2v) is 7.06. The van der Waals surface area contributed by atoms with Crippen LogP contribution < -0.4 is 4.74 Å². The third-order valence-corrected chi connectivity index (χ3v) is 4.87. The molecular formula is C22H20N6O. The molecule has 0 saturated heterocycles. The number of nitriles is 1. The average Bonchev–Trinajstić information content (AvgIpc) is 3.10. The number of hydrogen-bond donors (Lipinski definition) is 1. The molecule has 0 saturated carbocycles. The van der Waals surface area contributed by atoms with Gasteiger partial charge in [0.05, 0.1) is 17.4 Å². The highest BCUT2D eigenvalue weighted by molar-refractivity contribution is 5.93. The van der Waals surface area contributed by atoms with E-state index in [1.54, 1.807) is 12.3 Å². The van der Waals surface area contributed by atoms with Crippen LogP contribution in [0.4, 0.5) is 0 Å². The molecule has 0 fully saturated rings. The van der Waals surface area contributed by atoms with Crippen LogP contribution in [0.3, 0.4) is 0 Å². The van der Waals surface area contributed by atoms with E-state index in [-0.39, 0.29) is 6.10 Å². The van der Waals surface area contributed by atoms with E-state index in [1.165, 1.54) is 0 Å². The van der Waals surface area contributed by atoms with Crippen molar-refractivity contribution in [3.8, 4) is 23.1 Å². The van der Waals surface area contributed by atoms with E-state index >= 15 is 0 Å². The van der Waals surface area contributed by atoms with Crippen LogP contribution in [-0.2, 0) is 0 Å². The van der Waals surface area contributed by atoms with Crippen LogP contribution in [0.25, 0.3) is 22.2 Å². The lowest BCUT2D eigenvalue weighted by molar-refractivity contribution is 0.225. The van der Waals surface area contributed by atoms with Crippen molar-refractivity contribution in [2.75, 3.05) is 0 Å². The molecule has 29 heavy (non-hydrogen) atoms. The Morgan fingerprint density at radius 1 is 1.14 bits per heavy atom. The summed E-state index contributed by atoms with van der Waals surface area (Å²) in [5.74, 6) is 0.731. The number of benzene rings is 1. The minimum absolute atomic E-state index is 0.174. The van der Waals surface area contributed by atoms with E-state index in [4.69, 9.17) is 4.74 Å². The molecule has 4 aromatic rings. The molecule has 1 atom stereocenters. The Hall–Kier alpha value is -3.79. The number of nitrogens with zero attached hydrogens (tertiary/aromatic N) is 5. The number of H-pyrrole nitrogens is 1. The zero-order valence-electron chi connectivity index (χ0n) is 16.7. The van der Waals surface area contributed by atoms with Crippen molar-refractivity contribution in [2.45, 2.75) is 33.8 Å². The Morgan fingerprint density at radius 3 is 2.72 bits per heavy atom. The fourth-order valence-corrected chi connectivity index (χ4v) is 3.64. The SMILES string of the molecule is Cc1cc(-c2n[nH]c3ccc(O[C@H](C)c4c(C)cnnc4C)cc23)cc(C#N)n1. The van der Waals surface area contributed by atoms with Gasteiger partial charge in [0.2, 0.25) is 0 Å². The van der Waals surface area contributed by atoms with Crippen molar-refractivity contribution < 1.29 is 4.74 Å². The van der Waals surface area contributed by atoms with Gasteiger partial charge in [0, 0.05) is 22.2 Å². The minimum Gasteiger partial charge on any atom is -0.486 e. The molecule has 0 radical (unpaired) electrons. The molecule has 0 aliphatic carbocycles. The van der Waals surface area contributed by atoms with E-state index in [0.717, 1.165) is 50.4 Å². The normalized spacial score (nSPS) is 12.0. The van der Waals surface area contributed by atoms with Gasteiger partial charge in [-0.15, -0.1) is 0 Å². The third-order valence-electron chi connectivity index (χ3n) is 4.87. The largest absolute Gasteiger partial charge is 0.486 e. The van der Waals surface area contributed by atoms with E-state index in [1.807, 2.05) is 52.0 Å². The fourth-order valence-electron chi connectivity index (χ4n) is 3.64. The van der Waals surface area contributed by atoms with E-state index < -0.39 is 0 Å². The molecule has 7 nitrogen and oxygen atoms in total. The van der Waals surface area contributed by atoms with Gasteiger partial charge in [-0.1, -0.05) is 0 Å². The van der Waals surface area contributed by atoms with Crippen molar-refractivity contribution >= 4 is 10.9 Å². The lowest BCUT2D eigenvalue weighted by atomic mass is 10.0. The Kier molecular flexibility index (Phi) is 4.69. The molecule has 7 heteroatoms. The molecule has 1 N–H and O–H groups in total. The van der Waals surface area contributed by atoms with Crippen molar-refractivity contribution in [3.05, 3.63) is 64.7 Å². The highest BCUT2D eigenvalue weighted by Crippen LogP contribution is 2.32. The first kappa shape index (κ1) is 18.6. The summed E-state index contributed by atoms with van der Waals surface area (Å²) in [6, 6.07) is 11.6. The number of fused-ring (bicyclic) bond motifs is 1. The predicted octanol–water partition coefficient (Wildman–Crippen LogP) is 4.35. The molecule has 0 amide bonds. The highest BCUT2D eigenvalue weighted by Gasteiger charge is 2.16. The van der Waals surface area contributed by atoms with Crippen LogP contribution in [0.5, 0.6) is 5.75 Å². The number of aromatic amines is 1. The Balaban J connectivity index is 1.73. The first-order valence-electron chi connectivity index (χ1n) is 9.29. The summed E-state index contributed by atoms with van der Waals surface area (Å²) in [5, 5.41) is 25.8. The van der Waals surface area contributed by atoms with Crippen LogP contribution >= 0.6 is 0 Å². The average molecular weight is 384 g/mol. The summed E-state index contributed by atoms with van der Waals surface area (Å²) >= 11 is 0. The van der Waals surface area contributed by atoms with Gasteiger partial charge >= 0.3 is 0 Å². The topological polar surface area (TPSA) is 100 Å². The predicted molar refractivity (Wildman–Crippen MR) is 109 cm³/mol. The van der Waals surface area contributed by atoms with Crippen LogP contribution in [0.1, 0.15) is 41.2 Å². The van der Waals surface area contributed by atoms with Crippen molar-refractivity contribution in [2.24, 2.45) is 0 Å². The molecule has 1 aromatic carbocycles. The van der Waals surface area contributed by atoms with Gasteiger partial charge in [0.25, 0.3) is 0 Å². The smallest absolute Gasteiger partial charge is 0.141 e. The van der Waals surface area contributed by atoms with E-state index in [0.29, 0.717) is 5.69 Å². The molecule has 4 rings (SSSR count). The molecule has 0 unspecified atom stereocenters. The maximum Gasteiger partial charge on any atom is 0.141 e. The molecule has 3 heterocycles. The maximum atomic E-state index is 9.22. The maximum absolute atomic E-state index is 9.22. The lowest BCUT2D eigenvalue weighted by Gasteiger charge is -2.18. The van der Waals surface area contributed by atoms with Gasteiger partial charge in [0.15, 0.2) is 0 Å². The second kappa shape index (κ2) is 7.32. The Morgan fingerprint density at radius 2 is 1.97 bits per heavy atom. The highest BCUT2D eigenvalue weighted by atomic mass is 16.5. The first-order valence-corrected chi connectivity index (χ1v) is 9.29. The molecular weight excluding hydrogens is 364 g/mol. The summed E-state index contributed by atoms with van der Waals surface area (Å²) in [5.41, 5.74) is 6.58. The van der Waals surface area contributed by atoms with Crippen molar-refractivity contribution in [1.29, 1.82) is 5.26 Å². The number of nitrogens with one attached hydrogen (secondary N) is 1. The van der Waals surface area contributed by atoms with E-state index in [2.05, 4.69) is 31.4 Å². The van der Waals surface area contributed by atoms with Gasteiger partial charge in [-0.2, -0.15) is 20.6 Å². The number of aryl methyl sites for hydroxylation is 3. The zero-order valence-corrected chi connectivity index (χ0v) is 16.7. The van der Waals surface area contributed by atoms with E-state index in [9.17, 15) is 5.26 Å². The van der Waals surface area contributed by atoms with Gasteiger partial charge in [-0.05, 0) is 63.6 Å². The molecule has 0 aliphatic rings. The number of rotatable bonds is 4. The lowest BCUT2D eigenvalue weighted by Crippen LogP contribution is -2.09. The van der Waals surface area contributed by atoms with Crippen LogP contribution in [0.2, 0.25) is 0 Å². The summed E-state index contributed by atoms with van der Waals surface area (Å²) in [6.07, 6.45) is 1.57. The van der Waals surface area contributed by atoms with Gasteiger partial charge in [-0.25, -0.2) is 4.98 Å². The molecule has 0 bridgehead atoms. The van der Waals surface area contributed by atoms with Crippen LogP contribution in [-0.4, -0.2) is 25.4 Å². The number of ether oxygens (including phenoxy) is 1. The summed E-state index contributed by atoms with van der Waals surface area (Å²) < 4.78 is 6.22. The summed E-state index contributed by atoms with van der Waals surface area (Å²) in [7, 11) is 0. The first-order chi connectivity index (χ1) is 14.0. The molecule has 3 aromatic heterocycles. The quantitative estimate of drug-likeness (QED) is 0.561. The van der Waals surface area contributed by atoms with Gasteiger partial charge in [0.1, 0.15) is 29.3 Å². The summed E-state index contributed by atoms with van der Waals surface area (Å²) in [4.78, 5) is 4.21. The molecule has 0 spiro atoms. The standard InChI is InChI=1S/C22H20N6O/c1-12-11-24-26-14(3)21(12)15(4)29-18-5-6-20-19(9-18)22(28-27-20)16-7-13(2)25-17(8-16)10-23/h5-9,11,15H,1-4H3,(H,27,28)/t15-/m1/s1. The molecule has 144 valence electrons. The van der Waals surface area contributed by atoms with Gasteiger partial charge in [-0.3, -0.25) is 5.10 Å². The molecule has 0 aliphatic heterocycles. The minimum atomic E-state index is -0.174. The Labute approximate surface area is 168 Å². The van der Waals surface area contributed by atoms with Crippen molar-refractivity contribution in [1.82, 2.24) is 25.4 Å². The number of aromatic nitrogens is 5. The Bertz CT molecular complexity index is 1230. The van der Waals surface area contributed by atoms with Crippen molar-refractivity contribution in [3.63, 3.8) is 0 Å². The summed E-state index contributed by atoms with van der Waals surface area (Å²) in [6.45, 7) is 7.81. The van der Waals surface area contributed by atoms with Gasteiger partial charge < -0.3 is 4.74 Å². The number of hydrogen-bond acceptors (Lipinski definition) is 6. The third kappa shape index (κ3) is 3.52. The second-order valence-electron chi connectivity index (χ2n) is 7.06. The van der Waals surface area contributed by atoms with Crippen LogP contribution in [0, 0.1) is 32.1 Å². The zero-order chi connectivity index (χ0) is 20.5.